The van der Waals surface area contributed by atoms with Gasteiger partial charge in [-0.25, -0.2) is 4.39 Å². The molecule has 0 heterocycles. The van der Waals surface area contributed by atoms with Crippen LogP contribution in [0, 0.1) is 27.6 Å². The molecule has 0 aromatic heterocycles. The summed E-state index contributed by atoms with van der Waals surface area (Å²) in [4.78, 5) is 0. The van der Waals surface area contributed by atoms with Crippen LogP contribution in [0.5, 0.6) is 11.5 Å². The third-order valence-corrected chi connectivity index (χ3v) is 5.11. The van der Waals surface area contributed by atoms with Gasteiger partial charge in [-0.3, -0.25) is 0 Å². The third kappa shape index (κ3) is 5.15. The van der Waals surface area contributed by atoms with Crippen LogP contribution >= 0.6 is 22.6 Å². The Hall–Kier alpha value is -2.85. The first-order chi connectivity index (χ1) is 14.0. The van der Waals surface area contributed by atoms with E-state index in [-0.39, 0.29) is 11.1 Å². The minimum absolute atomic E-state index is 0.245. The van der Waals surface area contributed by atoms with Crippen molar-refractivity contribution in [3.8, 4) is 17.6 Å². The molecule has 0 amide bonds. The number of methoxy groups -OCH3 is 1. The number of benzene rings is 3. The first-order valence-electron chi connectivity index (χ1n) is 8.94. The number of hydrogen-bond donors (Lipinski definition) is 0. The van der Waals surface area contributed by atoms with E-state index in [1.807, 2.05) is 31.2 Å². The van der Waals surface area contributed by atoms with Crippen molar-refractivity contribution in [3.05, 3.63) is 92.3 Å². The van der Waals surface area contributed by atoms with Crippen molar-refractivity contribution >= 4 is 34.2 Å². The fourth-order valence-electron chi connectivity index (χ4n) is 2.94. The van der Waals surface area contributed by atoms with Gasteiger partial charge in [0.2, 0.25) is 0 Å². The van der Waals surface area contributed by atoms with E-state index < -0.39 is 5.82 Å². The summed E-state index contributed by atoms with van der Waals surface area (Å²) < 4.78 is 26.4. The summed E-state index contributed by atoms with van der Waals surface area (Å²) >= 11 is 2.17. The zero-order chi connectivity index (χ0) is 20.8. The Labute approximate surface area is 183 Å². The van der Waals surface area contributed by atoms with Crippen LogP contribution in [0.15, 0.2) is 60.7 Å². The second kappa shape index (κ2) is 9.57. The number of ether oxygens (including phenoxy) is 2. The fraction of sp³-hybridized carbons (Fsp3) is 0.125. The molecule has 0 fully saturated rings. The number of nitrogens with zero attached hydrogens (tertiary/aromatic N) is 1. The van der Waals surface area contributed by atoms with Gasteiger partial charge < -0.3 is 9.47 Å². The molecule has 0 spiro atoms. The van der Waals surface area contributed by atoms with Gasteiger partial charge in [-0.2, -0.15) is 5.26 Å². The van der Waals surface area contributed by atoms with Crippen LogP contribution < -0.4 is 9.47 Å². The molecule has 0 unspecified atom stereocenters. The van der Waals surface area contributed by atoms with Crippen molar-refractivity contribution < 1.29 is 13.9 Å². The smallest absolute Gasteiger partial charge is 0.174 e. The Balaban J connectivity index is 1.92. The topological polar surface area (TPSA) is 42.2 Å². The molecule has 0 radical (unpaired) electrons. The van der Waals surface area contributed by atoms with Gasteiger partial charge in [-0.05, 0) is 64.9 Å². The normalized spacial score (nSPS) is 11.1. The largest absolute Gasteiger partial charge is 0.493 e. The van der Waals surface area contributed by atoms with Gasteiger partial charge in [-0.15, -0.1) is 0 Å². The lowest BCUT2D eigenvalue weighted by molar-refractivity contribution is 0.282. The van der Waals surface area contributed by atoms with Crippen molar-refractivity contribution in [2.45, 2.75) is 13.5 Å². The molecule has 3 aromatic rings. The number of aryl methyl sites for hydroxylation is 1. The Morgan fingerprint density at radius 3 is 2.62 bits per heavy atom. The molecule has 0 saturated carbocycles. The zero-order valence-electron chi connectivity index (χ0n) is 16.1. The Kier molecular flexibility index (Phi) is 6.89. The number of hydrogen-bond acceptors (Lipinski definition) is 3. The SMILES string of the molecule is COc1cc(/C=C(/C#N)c2ccccc2F)cc(I)c1OCc1cccc(C)c1. The fourth-order valence-corrected chi connectivity index (χ4v) is 3.72. The Morgan fingerprint density at radius 2 is 1.93 bits per heavy atom. The van der Waals surface area contributed by atoms with E-state index in [2.05, 4.69) is 34.7 Å². The maximum atomic E-state index is 14.1. The van der Waals surface area contributed by atoms with E-state index in [4.69, 9.17) is 9.47 Å². The summed E-state index contributed by atoms with van der Waals surface area (Å²) in [6.07, 6.45) is 1.65. The molecule has 3 rings (SSSR count). The first kappa shape index (κ1) is 20.9. The van der Waals surface area contributed by atoms with Crippen LogP contribution in [0.4, 0.5) is 4.39 Å². The van der Waals surface area contributed by atoms with Crippen LogP contribution in [0.3, 0.4) is 0 Å². The molecule has 0 aliphatic heterocycles. The predicted octanol–water partition coefficient (Wildman–Crippen LogP) is 6.39. The van der Waals surface area contributed by atoms with Gasteiger partial charge >= 0.3 is 0 Å². The highest BCUT2D eigenvalue weighted by Gasteiger charge is 2.13. The lowest BCUT2D eigenvalue weighted by Gasteiger charge is -2.14. The van der Waals surface area contributed by atoms with Crippen molar-refractivity contribution in [3.63, 3.8) is 0 Å². The molecule has 29 heavy (non-hydrogen) atoms. The standard InChI is InChI=1S/C24H19FINO2/c1-16-6-5-7-17(10-16)15-29-24-22(26)12-18(13-23(24)28-2)11-19(14-27)20-8-3-4-9-21(20)25/h3-13H,15H2,1-2H3/b19-11-. The summed E-state index contributed by atoms with van der Waals surface area (Å²) in [5.74, 6) is 0.762. The summed E-state index contributed by atoms with van der Waals surface area (Å²) in [6, 6.07) is 20.1. The van der Waals surface area contributed by atoms with E-state index in [9.17, 15) is 9.65 Å². The Bertz CT molecular complexity index is 1100. The highest BCUT2D eigenvalue weighted by molar-refractivity contribution is 14.1. The number of nitriles is 1. The molecule has 0 aliphatic carbocycles. The van der Waals surface area contributed by atoms with Crippen molar-refractivity contribution in [1.82, 2.24) is 0 Å². The van der Waals surface area contributed by atoms with Gasteiger partial charge in [0, 0.05) is 5.56 Å². The lowest BCUT2D eigenvalue weighted by Crippen LogP contribution is -2.00. The van der Waals surface area contributed by atoms with Crippen LogP contribution in [-0.2, 0) is 6.61 Å². The molecule has 5 heteroatoms. The van der Waals surface area contributed by atoms with Gasteiger partial charge in [0.1, 0.15) is 12.4 Å². The van der Waals surface area contributed by atoms with Crippen LogP contribution in [0.1, 0.15) is 22.3 Å². The summed E-state index contributed by atoms with van der Waals surface area (Å²) in [7, 11) is 1.57. The summed E-state index contributed by atoms with van der Waals surface area (Å²) in [6.45, 7) is 2.46. The molecular formula is C24H19FINO2. The average molecular weight is 499 g/mol. The van der Waals surface area contributed by atoms with Crippen LogP contribution in [0.25, 0.3) is 11.6 Å². The molecule has 146 valence electrons. The molecule has 0 atom stereocenters. The molecule has 3 nitrogen and oxygen atoms in total. The third-order valence-electron chi connectivity index (χ3n) is 4.31. The predicted molar refractivity (Wildman–Crippen MR) is 121 cm³/mol. The zero-order valence-corrected chi connectivity index (χ0v) is 18.2. The quantitative estimate of drug-likeness (QED) is 0.224. The molecule has 0 aliphatic rings. The van der Waals surface area contributed by atoms with E-state index in [0.717, 1.165) is 14.7 Å². The van der Waals surface area contributed by atoms with E-state index in [1.165, 1.54) is 11.6 Å². The van der Waals surface area contributed by atoms with Gasteiger partial charge in [-0.1, -0.05) is 48.0 Å². The number of rotatable bonds is 6. The second-order valence-corrected chi connectivity index (χ2v) is 7.62. The maximum Gasteiger partial charge on any atom is 0.174 e. The van der Waals surface area contributed by atoms with E-state index in [0.29, 0.717) is 18.1 Å². The lowest BCUT2D eigenvalue weighted by atomic mass is 10.0. The molecule has 0 saturated heterocycles. The molecular weight excluding hydrogens is 480 g/mol. The van der Waals surface area contributed by atoms with Crippen molar-refractivity contribution in [2.75, 3.05) is 7.11 Å². The first-order valence-corrected chi connectivity index (χ1v) is 10.0. The van der Waals surface area contributed by atoms with Crippen LogP contribution in [0.2, 0.25) is 0 Å². The highest BCUT2D eigenvalue weighted by Crippen LogP contribution is 2.35. The second-order valence-electron chi connectivity index (χ2n) is 6.46. The maximum absolute atomic E-state index is 14.1. The highest BCUT2D eigenvalue weighted by atomic mass is 127. The number of allylic oxidation sites excluding steroid dienone is 1. The van der Waals surface area contributed by atoms with Crippen molar-refractivity contribution in [1.29, 1.82) is 5.26 Å². The van der Waals surface area contributed by atoms with Gasteiger partial charge in [0.15, 0.2) is 11.5 Å². The number of halogens is 2. The van der Waals surface area contributed by atoms with E-state index >= 15 is 0 Å². The monoisotopic (exact) mass is 499 g/mol. The molecule has 0 N–H and O–H groups in total. The van der Waals surface area contributed by atoms with Crippen LogP contribution in [-0.4, -0.2) is 7.11 Å². The Morgan fingerprint density at radius 1 is 1.14 bits per heavy atom. The molecule has 0 bridgehead atoms. The van der Waals surface area contributed by atoms with Gasteiger partial charge in [0.05, 0.1) is 22.3 Å². The molecule has 3 aromatic carbocycles. The minimum Gasteiger partial charge on any atom is -0.493 e. The summed E-state index contributed by atoms with van der Waals surface area (Å²) in [5.41, 5.74) is 3.48. The minimum atomic E-state index is -0.430. The van der Waals surface area contributed by atoms with Gasteiger partial charge in [0.25, 0.3) is 0 Å². The van der Waals surface area contributed by atoms with Crippen molar-refractivity contribution in [2.24, 2.45) is 0 Å². The summed E-state index contributed by atoms with van der Waals surface area (Å²) in [5, 5.41) is 9.51. The average Bonchev–Trinajstić information content (AvgIpc) is 2.71. The van der Waals surface area contributed by atoms with E-state index in [1.54, 1.807) is 37.5 Å².